The van der Waals surface area contributed by atoms with Crippen molar-refractivity contribution < 1.29 is 4.90 Å². The fourth-order valence-electron chi connectivity index (χ4n) is 1.60. The Balaban J connectivity index is 2.18. The summed E-state index contributed by atoms with van der Waals surface area (Å²) in [5.74, 6) is 1.29. The molecule has 60 valence electrons. The standard InChI is InChI=1S/C8H17NS/c1-3-10-8-5-4-6-9(2)7-8/h8H,3-7H2,1-2H3/p+1/t8-/m1/s1. The van der Waals surface area contributed by atoms with Gasteiger partial charge < -0.3 is 4.90 Å². The average molecular weight is 160 g/mol. The Kier molecular flexibility index (Phi) is 3.57. The highest BCUT2D eigenvalue weighted by Gasteiger charge is 2.19. The molecular formula is C8H18NS+. The zero-order valence-corrected chi connectivity index (χ0v) is 7.84. The molecule has 1 aliphatic heterocycles. The Hall–Kier alpha value is 0.310. The summed E-state index contributed by atoms with van der Waals surface area (Å²) in [5.41, 5.74) is 0. The van der Waals surface area contributed by atoms with Crippen molar-refractivity contribution in [3.05, 3.63) is 0 Å². The predicted molar refractivity (Wildman–Crippen MR) is 47.8 cm³/mol. The van der Waals surface area contributed by atoms with Gasteiger partial charge in [0.15, 0.2) is 0 Å². The van der Waals surface area contributed by atoms with E-state index in [0.717, 1.165) is 5.25 Å². The van der Waals surface area contributed by atoms with Crippen LogP contribution in [0, 0.1) is 0 Å². The normalized spacial score (nSPS) is 34.2. The Bertz CT molecular complexity index is 93.3. The van der Waals surface area contributed by atoms with Crippen molar-refractivity contribution in [3.8, 4) is 0 Å². The maximum atomic E-state index is 2.31. The summed E-state index contributed by atoms with van der Waals surface area (Å²) in [6, 6.07) is 0. The third-order valence-corrected chi connectivity index (χ3v) is 3.32. The van der Waals surface area contributed by atoms with E-state index in [9.17, 15) is 0 Å². The van der Waals surface area contributed by atoms with Crippen LogP contribution < -0.4 is 4.90 Å². The molecule has 0 aliphatic carbocycles. The van der Waals surface area contributed by atoms with Crippen LogP contribution in [0.2, 0.25) is 0 Å². The first-order valence-corrected chi connectivity index (χ1v) is 5.30. The molecule has 1 nitrogen and oxygen atoms in total. The van der Waals surface area contributed by atoms with Gasteiger partial charge in [-0.05, 0) is 18.6 Å². The quantitative estimate of drug-likeness (QED) is 0.613. The molecule has 0 spiro atoms. The van der Waals surface area contributed by atoms with Crippen LogP contribution in [0.4, 0.5) is 0 Å². The average Bonchev–Trinajstić information content (AvgIpc) is 1.88. The zero-order chi connectivity index (χ0) is 7.40. The van der Waals surface area contributed by atoms with Gasteiger partial charge in [0.1, 0.15) is 0 Å². The summed E-state index contributed by atoms with van der Waals surface area (Å²) in [7, 11) is 2.31. The molecule has 0 aromatic rings. The minimum atomic E-state index is 0.957. The summed E-state index contributed by atoms with van der Waals surface area (Å²) in [5, 5.41) is 0.957. The molecule has 0 saturated carbocycles. The smallest absolute Gasteiger partial charge is 0.0889 e. The molecule has 1 heterocycles. The van der Waals surface area contributed by atoms with Crippen molar-refractivity contribution in [2.75, 3.05) is 25.9 Å². The van der Waals surface area contributed by atoms with Crippen LogP contribution in [0.5, 0.6) is 0 Å². The van der Waals surface area contributed by atoms with Crippen LogP contribution in [0.15, 0.2) is 0 Å². The fourth-order valence-corrected chi connectivity index (χ4v) is 2.81. The minimum absolute atomic E-state index is 0.957. The second-order valence-corrected chi connectivity index (χ2v) is 4.71. The van der Waals surface area contributed by atoms with Crippen LogP contribution in [0.1, 0.15) is 19.8 Å². The molecule has 0 aromatic carbocycles. The number of likely N-dealkylation sites (tertiary alicyclic amines) is 1. The summed E-state index contributed by atoms with van der Waals surface area (Å²) in [4.78, 5) is 1.72. The first-order valence-electron chi connectivity index (χ1n) is 4.26. The largest absolute Gasteiger partial charge is 0.336 e. The van der Waals surface area contributed by atoms with Gasteiger partial charge in [-0.2, -0.15) is 11.8 Å². The molecular weight excluding hydrogens is 142 g/mol. The van der Waals surface area contributed by atoms with E-state index in [1.165, 1.54) is 31.7 Å². The Morgan fingerprint density at radius 2 is 2.40 bits per heavy atom. The number of quaternary nitrogens is 1. The zero-order valence-electron chi connectivity index (χ0n) is 7.02. The van der Waals surface area contributed by atoms with Crippen LogP contribution >= 0.6 is 11.8 Å². The lowest BCUT2D eigenvalue weighted by Gasteiger charge is -2.25. The number of hydrogen-bond acceptors (Lipinski definition) is 1. The third kappa shape index (κ3) is 2.51. The van der Waals surface area contributed by atoms with E-state index in [4.69, 9.17) is 0 Å². The second-order valence-electron chi connectivity index (χ2n) is 3.13. The Labute approximate surface area is 68.2 Å². The molecule has 1 unspecified atom stereocenters. The van der Waals surface area contributed by atoms with Crippen molar-refractivity contribution in [3.63, 3.8) is 0 Å². The predicted octanol–water partition coefficient (Wildman–Crippen LogP) is 0.417. The van der Waals surface area contributed by atoms with E-state index in [1.807, 2.05) is 0 Å². The lowest BCUT2D eigenvalue weighted by atomic mass is 10.1. The summed E-state index contributed by atoms with van der Waals surface area (Å²) >= 11 is 2.14. The first-order chi connectivity index (χ1) is 4.83. The monoisotopic (exact) mass is 160 g/mol. The van der Waals surface area contributed by atoms with Gasteiger partial charge in [0.2, 0.25) is 0 Å². The number of rotatable bonds is 2. The van der Waals surface area contributed by atoms with Crippen molar-refractivity contribution in [2.24, 2.45) is 0 Å². The van der Waals surface area contributed by atoms with E-state index in [0.29, 0.717) is 0 Å². The van der Waals surface area contributed by atoms with Gasteiger partial charge in [0, 0.05) is 0 Å². The van der Waals surface area contributed by atoms with Gasteiger partial charge in [0.25, 0.3) is 0 Å². The highest BCUT2D eigenvalue weighted by molar-refractivity contribution is 7.99. The molecule has 10 heavy (non-hydrogen) atoms. The minimum Gasteiger partial charge on any atom is -0.336 e. The van der Waals surface area contributed by atoms with E-state index < -0.39 is 0 Å². The van der Waals surface area contributed by atoms with Gasteiger partial charge in [-0.1, -0.05) is 6.92 Å². The maximum absolute atomic E-state index is 2.31. The van der Waals surface area contributed by atoms with Crippen molar-refractivity contribution in [1.29, 1.82) is 0 Å². The number of thioether (sulfide) groups is 1. The summed E-state index contributed by atoms with van der Waals surface area (Å²) in [6.45, 7) is 5.04. The molecule has 2 heteroatoms. The van der Waals surface area contributed by atoms with Gasteiger partial charge in [-0.25, -0.2) is 0 Å². The number of piperidine rings is 1. The number of hydrogen-bond donors (Lipinski definition) is 1. The highest BCUT2D eigenvalue weighted by Crippen LogP contribution is 2.15. The first kappa shape index (κ1) is 8.41. The Morgan fingerprint density at radius 1 is 1.60 bits per heavy atom. The molecule has 0 amide bonds. The van der Waals surface area contributed by atoms with E-state index in [1.54, 1.807) is 4.90 Å². The van der Waals surface area contributed by atoms with Crippen LogP contribution in [0.25, 0.3) is 0 Å². The van der Waals surface area contributed by atoms with E-state index in [2.05, 4.69) is 25.7 Å². The topological polar surface area (TPSA) is 4.44 Å². The van der Waals surface area contributed by atoms with Crippen LogP contribution in [-0.4, -0.2) is 31.1 Å². The fraction of sp³-hybridized carbons (Fsp3) is 1.00. The molecule has 1 rings (SSSR count). The SMILES string of the molecule is CCS[C@@H]1CCC[NH+](C)C1. The van der Waals surface area contributed by atoms with E-state index >= 15 is 0 Å². The summed E-state index contributed by atoms with van der Waals surface area (Å²) in [6.07, 6.45) is 2.89. The molecule has 1 saturated heterocycles. The molecule has 0 radical (unpaired) electrons. The van der Waals surface area contributed by atoms with Gasteiger partial charge in [-0.15, -0.1) is 0 Å². The van der Waals surface area contributed by atoms with Crippen molar-refractivity contribution in [2.45, 2.75) is 25.0 Å². The van der Waals surface area contributed by atoms with Gasteiger partial charge >= 0.3 is 0 Å². The van der Waals surface area contributed by atoms with Gasteiger partial charge in [-0.3, -0.25) is 0 Å². The van der Waals surface area contributed by atoms with Crippen molar-refractivity contribution >= 4 is 11.8 Å². The third-order valence-electron chi connectivity index (χ3n) is 2.11. The van der Waals surface area contributed by atoms with Crippen molar-refractivity contribution in [1.82, 2.24) is 0 Å². The molecule has 2 atom stereocenters. The lowest BCUT2D eigenvalue weighted by Crippen LogP contribution is -3.11. The molecule has 1 fully saturated rings. The second kappa shape index (κ2) is 4.24. The molecule has 0 aromatic heterocycles. The van der Waals surface area contributed by atoms with E-state index in [-0.39, 0.29) is 0 Å². The lowest BCUT2D eigenvalue weighted by molar-refractivity contribution is -0.883. The van der Waals surface area contributed by atoms with Crippen LogP contribution in [0.3, 0.4) is 0 Å². The Morgan fingerprint density at radius 3 is 3.00 bits per heavy atom. The highest BCUT2D eigenvalue weighted by atomic mass is 32.2. The molecule has 1 aliphatic rings. The molecule has 0 bridgehead atoms. The number of nitrogens with one attached hydrogen (secondary N) is 1. The maximum Gasteiger partial charge on any atom is 0.0889 e. The van der Waals surface area contributed by atoms with Crippen LogP contribution in [-0.2, 0) is 0 Å². The molecule has 1 N–H and O–H groups in total. The van der Waals surface area contributed by atoms with Gasteiger partial charge in [0.05, 0.1) is 25.4 Å². The summed E-state index contributed by atoms with van der Waals surface area (Å²) < 4.78 is 0.